The van der Waals surface area contributed by atoms with Gasteiger partial charge >= 0.3 is 0 Å². The van der Waals surface area contributed by atoms with Crippen molar-refractivity contribution in [3.63, 3.8) is 0 Å². The van der Waals surface area contributed by atoms with Crippen molar-refractivity contribution in [2.24, 2.45) is 0 Å². The zero-order valence-corrected chi connectivity index (χ0v) is 16.1. The summed E-state index contributed by atoms with van der Waals surface area (Å²) in [4.78, 5) is 13.5. The molecule has 2 aromatic carbocycles. The van der Waals surface area contributed by atoms with Crippen molar-refractivity contribution >= 4 is 44.9 Å². The molecule has 0 saturated heterocycles. The Bertz CT molecular complexity index is 895. The summed E-state index contributed by atoms with van der Waals surface area (Å²) in [6.45, 7) is 0.492. The van der Waals surface area contributed by atoms with Gasteiger partial charge in [-0.05, 0) is 60.9 Å². The number of anilines is 1. The summed E-state index contributed by atoms with van der Waals surface area (Å²) in [7, 11) is -3.29. The minimum atomic E-state index is -3.29. The number of rotatable bonds is 5. The van der Waals surface area contributed by atoms with Gasteiger partial charge in [-0.2, -0.15) is 0 Å². The van der Waals surface area contributed by atoms with Crippen LogP contribution in [0.2, 0.25) is 5.02 Å². The number of Topliss-reactive ketones (excluding diaryl/α,β-unsaturated/α-hetero) is 1. The lowest BCUT2D eigenvalue weighted by Crippen LogP contribution is -2.34. The van der Waals surface area contributed by atoms with Crippen LogP contribution in [0, 0.1) is 0 Å². The molecule has 0 N–H and O–H groups in total. The van der Waals surface area contributed by atoms with Crippen molar-refractivity contribution in [2.45, 2.75) is 17.7 Å². The van der Waals surface area contributed by atoms with Crippen LogP contribution in [0.4, 0.5) is 5.69 Å². The third-order valence-corrected chi connectivity index (χ3v) is 6.51. The summed E-state index contributed by atoms with van der Waals surface area (Å²) in [5, 5.41) is 0.667. The third-order valence-electron chi connectivity index (χ3n) is 4.06. The Kier molecular flexibility index (Phi) is 5.41. The molecule has 1 heterocycles. The second-order valence-electron chi connectivity index (χ2n) is 5.95. The van der Waals surface area contributed by atoms with E-state index in [1.165, 1.54) is 22.3 Å². The van der Waals surface area contributed by atoms with Crippen molar-refractivity contribution in [1.29, 1.82) is 0 Å². The number of nitrogens with zero attached hydrogens (tertiary/aromatic N) is 1. The number of halogens is 1. The van der Waals surface area contributed by atoms with Gasteiger partial charge in [0, 0.05) is 22.0 Å². The molecule has 0 aromatic heterocycles. The number of fused-ring (bicyclic) bond motifs is 1. The molecular weight excluding hydrogens is 378 g/mol. The van der Waals surface area contributed by atoms with E-state index in [4.69, 9.17) is 11.6 Å². The lowest BCUT2D eigenvalue weighted by atomic mass is 9.99. The molecule has 7 heteroatoms. The molecule has 2 aromatic rings. The molecule has 4 nitrogen and oxygen atoms in total. The summed E-state index contributed by atoms with van der Waals surface area (Å²) in [5.74, 6) is 0.357. The number of hydrogen-bond donors (Lipinski definition) is 0. The normalized spacial score (nSPS) is 14.2. The highest BCUT2D eigenvalue weighted by atomic mass is 35.5. The first-order valence-corrected chi connectivity index (χ1v) is 11.1. The van der Waals surface area contributed by atoms with Crippen LogP contribution >= 0.6 is 23.4 Å². The van der Waals surface area contributed by atoms with Crippen molar-refractivity contribution in [3.8, 4) is 0 Å². The maximum atomic E-state index is 12.5. The van der Waals surface area contributed by atoms with E-state index < -0.39 is 10.0 Å². The monoisotopic (exact) mass is 395 g/mol. The number of benzene rings is 2. The van der Waals surface area contributed by atoms with Gasteiger partial charge in [-0.3, -0.25) is 9.10 Å². The van der Waals surface area contributed by atoms with Gasteiger partial charge < -0.3 is 0 Å². The average molecular weight is 396 g/mol. The SMILES string of the molecule is CS(=O)(=O)N1CCCc2cc(C(=O)CSc3ccc(Cl)cc3)ccc21. The molecule has 3 rings (SSSR count). The van der Waals surface area contributed by atoms with Crippen LogP contribution in [0.15, 0.2) is 47.4 Å². The fourth-order valence-corrected chi connectivity index (χ4v) is 4.76. The Balaban J connectivity index is 1.75. The summed E-state index contributed by atoms with van der Waals surface area (Å²) in [6.07, 6.45) is 2.76. The van der Waals surface area contributed by atoms with Crippen LogP contribution in [0.25, 0.3) is 0 Å². The molecule has 0 radical (unpaired) electrons. The summed E-state index contributed by atoms with van der Waals surface area (Å²) in [6, 6.07) is 12.7. The minimum absolute atomic E-state index is 0.0271. The predicted molar refractivity (Wildman–Crippen MR) is 103 cm³/mol. The van der Waals surface area contributed by atoms with Crippen molar-refractivity contribution < 1.29 is 13.2 Å². The molecule has 25 heavy (non-hydrogen) atoms. The minimum Gasteiger partial charge on any atom is -0.293 e. The Labute approximate surface area is 157 Å². The highest BCUT2D eigenvalue weighted by Gasteiger charge is 2.24. The van der Waals surface area contributed by atoms with E-state index in [2.05, 4.69) is 0 Å². The number of carbonyl (C=O) groups excluding carboxylic acids is 1. The van der Waals surface area contributed by atoms with E-state index in [0.29, 0.717) is 28.6 Å². The fourth-order valence-electron chi connectivity index (χ4n) is 2.84. The number of aryl methyl sites for hydroxylation is 1. The molecule has 132 valence electrons. The molecule has 0 atom stereocenters. The molecule has 0 unspecified atom stereocenters. The lowest BCUT2D eigenvalue weighted by molar-refractivity contribution is 0.102. The lowest BCUT2D eigenvalue weighted by Gasteiger charge is -2.29. The topological polar surface area (TPSA) is 54.5 Å². The van der Waals surface area contributed by atoms with Gasteiger partial charge in [0.2, 0.25) is 10.0 Å². The zero-order valence-electron chi connectivity index (χ0n) is 13.7. The largest absolute Gasteiger partial charge is 0.293 e. The fraction of sp³-hybridized carbons (Fsp3) is 0.278. The number of sulfonamides is 1. The highest BCUT2D eigenvalue weighted by molar-refractivity contribution is 8.00. The zero-order chi connectivity index (χ0) is 18.0. The molecule has 0 saturated carbocycles. The first kappa shape index (κ1) is 18.3. The molecule has 1 aliphatic rings. The Morgan fingerprint density at radius 3 is 2.60 bits per heavy atom. The molecule has 0 fully saturated rings. The van der Waals surface area contributed by atoms with Crippen LogP contribution in [0.3, 0.4) is 0 Å². The van der Waals surface area contributed by atoms with Crippen molar-refractivity contribution in [3.05, 3.63) is 58.6 Å². The maximum absolute atomic E-state index is 12.5. The van der Waals surface area contributed by atoms with Gasteiger partial charge in [0.25, 0.3) is 0 Å². The summed E-state index contributed by atoms with van der Waals surface area (Å²) >= 11 is 7.32. The smallest absolute Gasteiger partial charge is 0.232 e. The van der Waals surface area contributed by atoms with Crippen molar-refractivity contribution in [2.75, 3.05) is 22.9 Å². The quantitative estimate of drug-likeness (QED) is 0.566. The van der Waals surface area contributed by atoms with Gasteiger partial charge in [0.15, 0.2) is 5.78 Å². The van der Waals surface area contributed by atoms with E-state index in [9.17, 15) is 13.2 Å². The van der Waals surface area contributed by atoms with Crippen LogP contribution < -0.4 is 4.31 Å². The molecule has 0 bridgehead atoms. The van der Waals surface area contributed by atoms with Crippen LogP contribution in [0.1, 0.15) is 22.3 Å². The van der Waals surface area contributed by atoms with E-state index >= 15 is 0 Å². The predicted octanol–water partition coefficient (Wildman–Crippen LogP) is 4.03. The van der Waals surface area contributed by atoms with Gasteiger partial charge in [0.1, 0.15) is 0 Å². The second-order valence-corrected chi connectivity index (χ2v) is 9.34. The molecule has 0 amide bonds. The number of thioether (sulfide) groups is 1. The van der Waals surface area contributed by atoms with E-state index in [-0.39, 0.29) is 5.78 Å². The Hall–Kier alpha value is -1.50. The first-order chi connectivity index (χ1) is 11.8. The summed E-state index contributed by atoms with van der Waals surface area (Å²) < 4.78 is 25.2. The second kappa shape index (κ2) is 7.40. The van der Waals surface area contributed by atoms with E-state index in [1.54, 1.807) is 24.3 Å². The highest BCUT2D eigenvalue weighted by Crippen LogP contribution is 2.30. The maximum Gasteiger partial charge on any atom is 0.232 e. The van der Waals surface area contributed by atoms with Gasteiger partial charge in [-0.1, -0.05) is 11.6 Å². The van der Waals surface area contributed by atoms with E-state index in [0.717, 1.165) is 23.3 Å². The molecular formula is C18H18ClNO3S2. The Morgan fingerprint density at radius 2 is 1.92 bits per heavy atom. The Morgan fingerprint density at radius 1 is 1.20 bits per heavy atom. The molecule has 0 spiro atoms. The van der Waals surface area contributed by atoms with Crippen LogP contribution in [-0.4, -0.2) is 32.8 Å². The van der Waals surface area contributed by atoms with Crippen LogP contribution in [0.5, 0.6) is 0 Å². The van der Waals surface area contributed by atoms with Gasteiger partial charge in [0.05, 0.1) is 17.7 Å². The van der Waals surface area contributed by atoms with Gasteiger partial charge in [-0.25, -0.2) is 8.42 Å². The third kappa shape index (κ3) is 4.37. The number of carbonyl (C=O) groups is 1. The van der Waals surface area contributed by atoms with Crippen LogP contribution in [-0.2, 0) is 16.4 Å². The number of hydrogen-bond acceptors (Lipinski definition) is 4. The first-order valence-electron chi connectivity index (χ1n) is 7.87. The standard InChI is InChI=1S/C18H18ClNO3S2/c1-25(22,23)20-10-2-3-13-11-14(4-9-17(13)20)18(21)12-24-16-7-5-15(19)6-8-16/h4-9,11H,2-3,10,12H2,1H3. The van der Waals surface area contributed by atoms with Gasteiger partial charge in [-0.15, -0.1) is 11.8 Å². The number of ketones is 1. The molecule has 0 aliphatic carbocycles. The summed E-state index contributed by atoms with van der Waals surface area (Å²) in [5.41, 5.74) is 2.23. The average Bonchev–Trinajstić information content (AvgIpc) is 2.59. The van der Waals surface area contributed by atoms with E-state index in [1.807, 2.05) is 18.2 Å². The molecule has 1 aliphatic heterocycles. The van der Waals surface area contributed by atoms with Crippen molar-refractivity contribution in [1.82, 2.24) is 0 Å².